The molecule has 1 N–H and O–H groups in total. The van der Waals surface area contributed by atoms with Crippen molar-refractivity contribution >= 4 is 11.7 Å². The van der Waals surface area contributed by atoms with Crippen LogP contribution in [-0.2, 0) is 16.0 Å². The van der Waals surface area contributed by atoms with E-state index in [4.69, 9.17) is 4.74 Å². The van der Waals surface area contributed by atoms with Crippen molar-refractivity contribution in [1.29, 1.82) is 0 Å². The summed E-state index contributed by atoms with van der Waals surface area (Å²) in [7, 11) is 0. The van der Waals surface area contributed by atoms with Crippen LogP contribution in [0.1, 0.15) is 103 Å². The maximum atomic E-state index is 13.1. The number of nitrogens with one attached hydrogen (secondary N) is 1. The van der Waals surface area contributed by atoms with Crippen molar-refractivity contribution in [3.8, 4) is 5.75 Å². The number of fused-ring (bicyclic) bond motifs is 5. The van der Waals surface area contributed by atoms with E-state index in [2.05, 4.69) is 42.3 Å². The molecule has 1 aromatic carbocycles. The fourth-order valence-corrected chi connectivity index (χ4v) is 8.02. The van der Waals surface area contributed by atoms with Gasteiger partial charge in [-0.15, -0.1) is 0 Å². The normalized spacial score (nSPS) is 32.6. The van der Waals surface area contributed by atoms with Crippen molar-refractivity contribution in [2.75, 3.05) is 26.2 Å². The van der Waals surface area contributed by atoms with Gasteiger partial charge in [-0.3, -0.25) is 9.59 Å². The Morgan fingerprint density at radius 2 is 2.00 bits per heavy atom. The lowest BCUT2D eigenvalue weighted by Crippen LogP contribution is -2.46. The fraction of sp³-hybridized carbons (Fsp3) is 0.750. The first-order chi connectivity index (χ1) is 17.9. The van der Waals surface area contributed by atoms with Crippen LogP contribution in [0.3, 0.4) is 0 Å². The lowest BCUT2D eigenvalue weighted by Gasteiger charge is -2.49. The third-order valence-corrected chi connectivity index (χ3v) is 9.91. The molecule has 5 nitrogen and oxygen atoms in total. The Kier molecular flexibility index (Phi) is 9.37. The van der Waals surface area contributed by atoms with Gasteiger partial charge in [-0.1, -0.05) is 26.8 Å². The highest BCUT2D eigenvalue weighted by Crippen LogP contribution is 2.61. The van der Waals surface area contributed by atoms with Crippen molar-refractivity contribution < 1.29 is 14.3 Å². The highest BCUT2D eigenvalue weighted by Gasteiger charge is 2.60. The highest BCUT2D eigenvalue weighted by molar-refractivity contribution is 5.94. The van der Waals surface area contributed by atoms with Gasteiger partial charge in [-0.25, -0.2) is 0 Å². The maximum Gasteiger partial charge on any atom is 0.223 e. The van der Waals surface area contributed by atoms with Gasteiger partial charge in [0, 0.05) is 30.3 Å². The van der Waals surface area contributed by atoms with Gasteiger partial charge in [0.15, 0.2) is 0 Å². The Labute approximate surface area is 225 Å². The molecule has 37 heavy (non-hydrogen) atoms. The number of unbranched alkanes of at least 4 members (excludes halogenated alkanes) is 1. The highest BCUT2D eigenvalue weighted by atomic mass is 16.5. The van der Waals surface area contributed by atoms with Crippen molar-refractivity contribution in [3.05, 3.63) is 29.3 Å². The molecule has 1 saturated heterocycles. The first-order valence-corrected chi connectivity index (χ1v) is 15.2. The number of carbonyl (C=O) groups excluding carboxylic acids is 2. The minimum atomic E-state index is -0.329. The summed E-state index contributed by atoms with van der Waals surface area (Å²) in [4.78, 5) is 28.6. The number of Topliss-reactive ketones (excluding diaryl/α,β-unsaturated/α-hetero) is 1. The van der Waals surface area contributed by atoms with Gasteiger partial charge in [0.1, 0.15) is 11.5 Å². The Balaban J connectivity index is 0.00000156. The largest absolute Gasteiger partial charge is 0.494 e. The molecule has 1 heterocycles. The maximum absolute atomic E-state index is 13.1. The number of hydrogen-bond acceptors (Lipinski definition) is 4. The molecule has 5 rings (SSSR count). The average molecular weight is 511 g/mol. The van der Waals surface area contributed by atoms with E-state index in [0.29, 0.717) is 30.6 Å². The van der Waals surface area contributed by atoms with Crippen LogP contribution in [0.5, 0.6) is 5.75 Å². The number of likely N-dealkylation sites (tertiary alicyclic amines) is 1. The van der Waals surface area contributed by atoms with Crippen LogP contribution < -0.4 is 10.1 Å². The molecule has 4 unspecified atom stereocenters. The number of nitrogens with zero attached hydrogens (tertiary/aromatic N) is 1. The summed E-state index contributed by atoms with van der Waals surface area (Å²) < 4.78 is 6.16. The van der Waals surface area contributed by atoms with Gasteiger partial charge in [0.2, 0.25) is 5.91 Å². The van der Waals surface area contributed by atoms with E-state index in [1.807, 2.05) is 20.8 Å². The number of ether oxygens (including phenoxy) is 1. The summed E-state index contributed by atoms with van der Waals surface area (Å²) in [5.41, 5.74) is 2.52. The number of hydrogen-bond donors (Lipinski definition) is 1. The van der Waals surface area contributed by atoms with Crippen LogP contribution >= 0.6 is 0 Å². The minimum Gasteiger partial charge on any atom is -0.494 e. The first-order valence-electron chi connectivity index (χ1n) is 15.2. The Morgan fingerprint density at radius 1 is 1.19 bits per heavy atom. The Morgan fingerprint density at radius 3 is 2.73 bits per heavy atom. The van der Waals surface area contributed by atoms with E-state index in [-0.39, 0.29) is 23.2 Å². The summed E-state index contributed by atoms with van der Waals surface area (Å²) in [6, 6.07) is 7.45. The lowest BCUT2D eigenvalue weighted by atomic mass is 9.54. The van der Waals surface area contributed by atoms with Gasteiger partial charge < -0.3 is 15.0 Å². The number of carbonyl (C=O) groups is 2. The Bertz CT molecular complexity index is 946. The quantitative estimate of drug-likeness (QED) is 0.427. The number of aryl methyl sites for hydroxylation is 1. The van der Waals surface area contributed by atoms with Crippen molar-refractivity contribution in [2.24, 2.45) is 23.2 Å². The second-order valence-corrected chi connectivity index (χ2v) is 11.9. The average Bonchev–Trinajstić information content (AvgIpc) is 3.44. The third-order valence-electron chi connectivity index (χ3n) is 9.91. The minimum absolute atomic E-state index is 0.0870. The number of amides is 1. The zero-order chi connectivity index (χ0) is 26.6. The molecule has 6 atom stereocenters. The smallest absolute Gasteiger partial charge is 0.223 e. The number of ketones is 1. The number of rotatable bonds is 8. The van der Waals surface area contributed by atoms with Crippen molar-refractivity contribution in [2.45, 2.75) is 104 Å². The van der Waals surface area contributed by atoms with Crippen LogP contribution in [0, 0.1) is 23.2 Å². The number of benzene rings is 1. The monoisotopic (exact) mass is 510 g/mol. The van der Waals surface area contributed by atoms with Gasteiger partial charge in [-0.2, -0.15) is 0 Å². The lowest BCUT2D eigenvalue weighted by molar-refractivity contribution is -0.130. The predicted molar refractivity (Wildman–Crippen MR) is 150 cm³/mol. The molecule has 1 aromatic rings. The zero-order valence-electron chi connectivity index (χ0n) is 24.0. The van der Waals surface area contributed by atoms with Gasteiger partial charge in [0.05, 0.1) is 6.61 Å². The molecule has 3 aliphatic carbocycles. The summed E-state index contributed by atoms with van der Waals surface area (Å²) in [6.45, 7) is 14.3. The van der Waals surface area contributed by atoms with E-state index < -0.39 is 0 Å². The summed E-state index contributed by atoms with van der Waals surface area (Å²) in [6.07, 6.45) is 9.45. The molecular formula is C32H50N2O3. The molecule has 2 saturated carbocycles. The molecule has 0 spiro atoms. The van der Waals surface area contributed by atoms with Crippen molar-refractivity contribution in [3.63, 3.8) is 0 Å². The van der Waals surface area contributed by atoms with E-state index in [1.54, 1.807) is 0 Å². The van der Waals surface area contributed by atoms with Gasteiger partial charge in [0.25, 0.3) is 0 Å². The van der Waals surface area contributed by atoms with Gasteiger partial charge in [-0.05, 0) is 119 Å². The summed E-state index contributed by atoms with van der Waals surface area (Å²) in [5.74, 6) is 2.27. The van der Waals surface area contributed by atoms with E-state index in [0.717, 1.165) is 50.5 Å². The fourth-order valence-electron chi connectivity index (χ4n) is 8.02. The van der Waals surface area contributed by atoms with Crippen LogP contribution in [0.2, 0.25) is 0 Å². The predicted octanol–water partition coefficient (Wildman–Crippen LogP) is 6.14. The molecule has 0 aromatic heterocycles. The van der Waals surface area contributed by atoms with Crippen molar-refractivity contribution in [1.82, 2.24) is 10.2 Å². The van der Waals surface area contributed by atoms with Crippen LogP contribution in [-0.4, -0.2) is 48.9 Å². The topological polar surface area (TPSA) is 58.6 Å². The summed E-state index contributed by atoms with van der Waals surface area (Å²) in [5, 5.41) is 3.02. The van der Waals surface area contributed by atoms with E-state index >= 15 is 0 Å². The third kappa shape index (κ3) is 5.62. The second-order valence-electron chi connectivity index (χ2n) is 11.9. The molecule has 206 valence electrons. The van der Waals surface area contributed by atoms with Crippen LogP contribution in [0.25, 0.3) is 0 Å². The van der Waals surface area contributed by atoms with E-state index in [9.17, 15) is 9.59 Å². The molecule has 0 bridgehead atoms. The van der Waals surface area contributed by atoms with E-state index in [1.165, 1.54) is 43.5 Å². The second kappa shape index (κ2) is 12.3. The molecule has 0 radical (unpaired) electrons. The molecular weight excluding hydrogens is 460 g/mol. The zero-order valence-corrected chi connectivity index (χ0v) is 24.0. The standard InChI is InChI=1S/C30H44N2O3.C2H6/c1-4-31-29(34)26-19-27(33)30(3)14-13-24-23-12-10-22(18-21(23)9-11-25(24)28(26)30)35-17-6-5-15-32-16-7-8-20(32)2;1-2/h10,12,18,20,24-26,28H,4-9,11,13-17,19H2,1-3H3,(H,31,34);1-2H3/t20-,24?,25?,26+,28?,30?;/m1./s1. The van der Waals surface area contributed by atoms with Crippen LogP contribution in [0.4, 0.5) is 0 Å². The van der Waals surface area contributed by atoms with Crippen LogP contribution in [0.15, 0.2) is 18.2 Å². The molecule has 5 heteroatoms. The van der Waals surface area contributed by atoms with Gasteiger partial charge >= 0.3 is 0 Å². The first kappa shape index (κ1) is 28.1. The molecule has 1 aliphatic heterocycles. The summed E-state index contributed by atoms with van der Waals surface area (Å²) >= 11 is 0. The Hall–Kier alpha value is -1.88. The molecule has 4 aliphatic rings. The molecule has 3 fully saturated rings. The SMILES string of the molecule is CC.CCNC(=O)[C@H]1CC(=O)C2(C)CCC3c4ccc(OCCCCN5CCC[C@H]5C)cc4CCC3C12. The molecule has 1 amide bonds.